The monoisotopic (exact) mass is 389 g/mol. The summed E-state index contributed by atoms with van der Waals surface area (Å²) < 4.78 is 14.0. The van der Waals surface area contributed by atoms with Gasteiger partial charge in [-0.05, 0) is 57.5 Å². The molecule has 1 saturated heterocycles. The van der Waals surface area contributed by atoms with E-state index in [4.69, 9.17) is 0 Å². The summed E-state index contributed by atoms with van der Waals surface area (Å²) in [5, 5.41) is 6.96. The van der Waals surface area contributed by atoms with Crippen molar-refractivity contribution in [1.29, 1.82) is 0 Å². The summed E-state index contributed by atoms with van der Waals surface area (Å²) in [5.41, 5.74) is 1.80. The number of guanidine groups is 1. The van der Waals surface area contributed by atoms with E-state index in [0.717, 1.165) is 23.1 Å². The summed E-state index contributed by atoms with van der Waals surface area (Å²) in [7, 11) is 5.72. The SMILES string of the molecule is CN=C(NCc1ccc(F)c(CN(C)C)c1)NC1CCN(C2CCCC2)CC1. The summed E-state index contributed by atoms with van der Waals surface area (Å²) >= 11 is 0. The van der Waals surface area contributed by atoms with Crippen LogP contribution in [0.5, 0.6) is 0 Å². The summed E-state index contributed by atoms with van der Waals surface area (Å²) in [6, 6.07) is 6.64. The molecule has 1 saturated carbocycles. The lowest BCUT2D eigenvalue weighted by atomic mass is 10.0. The van der Waals surface area contributed by atoms with Gasteiger partial charge in [0, 0.05) is 50.9 Å². The maximum absolute atomic E-state index is 14.0. The Morgan fingerprint density at radius 1 is 1.18 bits per heavy atom. The highest BCUT2D eigenvalue weighted by Gasteiger charge is 2.27. The lowest BCUT2D eigenvalue weighted by molar-refractivity contribution is 0.150. The number of benzene rings is 1. The molecule has 28 heavy (non-hydrogen) atoms. The van der Waals surface area contributed by atoms with Crippen LogP contribution >= 0.6 is 0 Å². The minimum absolute atomic E-state index is 0.144. The standard InChI is InChI=1S/C22H36FN5/c1-24-22(25-15-17-8-9-21(23)18(14-17)16-27(2)3)26-19-10-12-28(13-11-19)20-6-4-5-7-20/h8-9,14,19-20H,4-7,10-13,15-16H2,1-3H3,(H2,24,25,26). The Balaban J connectivity index is 1.46. The third-order valence-corrected chi connectivity index (χ3v) is 5.99. The van der Waals surface area contributed by atoms with Gasteiger partial charge in [0.05, 0.1) is 0 Å². The van der Waals surface area contributed by atoms with Crippen molar-refractivity contribution in [2.24, 2.45) is 4.99 Å². The van der Waals surface area contributed by atoms with Gasteiger partial charge >= 0.3 is 0 Å². The fourth-order valence-corrected chi connectivity index (χ4v) is 4.45. The van der Waals surface area contributed by atoms with Crippen molar-refractivity contribution in [1.82, 2.24) is 20.4 Å². The second-order valence-electron chi connectivity index (χ2n) is 8.48. The quantitative estimate of drug-likeness (QED) is 0.580. The Hall–Kier alpha value is -1.66. The summed E-state index contributed by atoms with van der Waals surface area (Å²) in [4.78, 5) is 9.05. The van der Waals surface area contributed by atoms with Crippen molar-refractivity contribution < 1.29 is 4.39 Å². The molecule has 1 aliphatic carbocycles. The van der Waals surface area contributed by atoms with E-state index in [9.17, 15) is 4.39 Å². The number of halogens is 1. The van der Waals surface area contributed by atoms with Crippen LogP contribution in [0.2, 0.25) is 0 Å². The predicted molar refractivity (Wildman–Crippen MR) is 114 cm³/mol. The van der Waals surface area contributed by atoms with Gasteiger partial charge < -0.3 is 20.4 Å². The lowest BCUT2D eigenvalue weighted by Gasteiger charge is -2.36. The Labute approximate surface area is 169 Å². The van der Waals surface area contributed by atoms with Crippen LogP contribution < -0.4 is 10.6 Å². The zero-order valence-electron chi connectivity index (χ0n) is 17.7. The van der Waals surface area contributed by atoms with Gasteiger partial charge in [0.2, 0.25) is 0 Å². The molecule has 156 valence electrons. The van der Waals surface area contributed by atoms with Crippen LogP contribution in [0.3, 0.4) is 0 Å². The second kappa shape index (κ2) is 10.2. The molecule has 6 heteroatoms. The summed E-state index contributed by atoms with van der Waals surface area (Å²) in [6.45, 7) is 3.61. The Morgan fingerprint density at radius 2 is 1.89 bits per heavy atom. The number of piperidine rings is 1. The van der Waals surface area contributed by atoms with E-state index in [-0.39, 0.29) is 5.82 Å². The van der Waals surface area contributed by atoms with Crippen LogP contribution in [0, 0.1) is 5.82 Å². The van der Waals surface area contributed by atoms with E-state index < -0.39 is 0 Å². The van der Waals surface area contributed by atoms with E-state index in [1.54, 1.807) is 6.07 Å². The number of hydrogen-bond donors (Lipinski definition) is 2. The highest BCUT2D eigenvalue weighted by atomic mass is 19.1. The lowest BCUT2D eigenvalue weighted by Crippen LogP contribution is -2.50. The number of hydrogen-bond acceptors (Lipinski definition) is 3. The minimum atomic E-state index is -0.144. The van der Waals surface area contributed by atoms with Crippen molar-refractivity contribution >= 4 is 5.96 Å². The topological polar surface area (TPSA) is 42.9 Å². The molecule has 0 unspecified atom stereocenters. The summed E-state index contributed by atoms with van der Waals surface area (Å²) in [5.74, 6) is 0.687. The van der Waals surface area contributed by atoms with Crippen molar-refractivity contribution in [3.05, 3.63) is 35.1 Å². The van der Waals surface area contributed by atoms with Crippen molar-refractivity contribution in [3.8, 4) is 0 Å². The molecule has 0 spiro atoms. The number of likely N-dealkylation sites (tertiary alicyclic amines) is 1. The first-order valence-electron chi connectivity index (χ1n) is 10.7. The van der Waals surface area contributed by atoms with Gasteiger partial charge in [0.1, 0.15) is 5.82 Å². The molecule has 0 radical (unpaired) electrons. The van der Waals surface area contributed by atoms with E-state index in [2.05, 4.69) is 20.5 Å². The van der Waals surface area contributed by atoms with Crippen LogP contribution in [-0.4, -0.2) is 62.1 Å². The zero-order chi connectivity index (χ0) is 19.9. The van der Waals surface area contributed by atoms with Gasteiger partial charge in [-0.2, -0.15) is 0 Å². The number of rotatable bonds is 6. The zero-order valence-corrected chi connectivity index (χ0v) is 17.7. The molecule has 1 heterocycles. The van der Waals surface area contributed by atoms with Crippen molar-refractivity contribution in [3.63, 3.8) is 0 Å². The van der Waals surface area contributed by atoms with E-state index >= 15 is 0 Å². The molecule has 0 aromatic heterocycles. The molecule has 2 aliphatic rings. The van der Waals surface area contributed by atoms with Gasteiger partial charge in [-0.3, -0.25) is 4.99 Å². The van der Waals surface area contributed by atoms with Crippen molar-refractivity contribution in [2.45, 2.75) is 63.7 Å². The van der Waals surface area contributed by atoms with Gasteiger partial charge in [-0.15, -0.1) is 0 Å². The minimum Gasteiger partial charge on any atom is -0.354 e. The molecular weight excluding hydrogens is 353 g/mol. The molecule has 0 atom stereocenters. The molecular formula is C22H36FN5. The number of nitrogens with one attached hydrogen (secondary N) is 2. The van der Waals surface area contributed by atoms with E-state index in [1.807, 2.05) is 38.2 Å². The molecule has 1 aromatic rings. The van der Waals surface area contributed by atoms with Crippen LogP contribution in [0.25, 0.3) is 0 Å². The third kappa shape index (κ3) is 5.92. The smallest absolute Gasteiger partial charge is 0.191 e. The normalized spacial score (nSPS) is 20.1. The van der Waals surface area contributed by atoms with Crippen LogP contribution in [-0.2, 0) is 13.1 Å². The molecule has 3 rings (SSSR count). The Bertz CT molecular complexity index is 646. The molecule has 0 amide bonds. The van der Waals surface area contributed by atoms with Gasteiger partial charge in [0.15, 0.2) is 5.96 Å². The van der Waals surface area contributed by atoms with Gasteiger partial charge in [0.25, 0.3) is 0 Å². The highest BCUT2D eigenvalue weighted by Crippen LogP contribution is 2.26. The highest BCUT2D eigenvalue weighted by molar-refractivity contribution is 5.79. The Kier molecular flexibility index (Phi) is 7.68. The largest absolute Gasteiger partial charge is 0.354 e. The fraction of sp³-hybridized carbons (Fsp3) is 0.682. The molecule has 2 N–H and O–H groups in total. The average Bonchev–Trinajstić information content (AvgIpc) is 3.22. The van der Waals surface area contributed by atoms with Gasteiger partial charge in [-0.1, -0.05) is 18.9 Å². The predicted octanol–water partition coefficient (Wildman–Crippen LogP) is 2.96. The van der Waals surface area contributed by atoms with E-state index in [0.29, 0.717) is 19.1 Å². The maximum Gasteiger partial charge on any atom is 0.191 e. The van der Waals surface area contributed by atoms with Crippen molar-refractivity contribution in [2.75, 3.05) is 34.2 Å². The first-order valence-corrected chi connectivity index (χ1v) is 10.7. The van der Waals surface area contributed by atoms with Crippen LogP contribution in [0.15, 0.2) is 23.2 Å². The van der Waals surface area contributed by atoms with Gasteiger partial charge in [-0.25, -0.2) is 4.39 Å². The third-order valence-electron chi connectivity index (χ3n) is 5.99. The van der Waals surface area contributed by atoms with Crippen LogP contribution in [0.1, 0.15) is 49.7 Å². The first kappa shape index (κ1) is 21.1. The molecule has 1 aromatic carbocycles. The number of aliphatic imine (C=N–C) groups is 1. The van der Waals surface area contributed by atoms with E-state index in [1.165, 1.54) is 51.6 Å². The Morgan fingerprint density at radius 3 is 2.54 bits per heavy atom. The second-order valence-corrected chi connectivity index (χ2v) is 8.48. The average molecular weight is 390 g/mol. The molecule has 1 aliphatic heterocycles. The summed E-state index contributed by atoms with van der Waals surface area (Å²) in [6.07, 6.45) is 7.91. The number of nitrogens with zero attached hydrogens (tertiary/aromatic N) is 3. The fourth-order valence-electron chi connectivity index (χ4n) is 4.45. The molecule has 5 nitrogen and oxygen atoms in total. The van der Waals surface area contributed by atoms with Crippen LogP contribution in [0.4, 0.5) is 4.39 Å². The molecule has 0 bridgehead atoms. The molecule has 2 fully saturated rings. The maximum atomic E-state index is 14.0. The first-order chi connectivity index (χ1) is 13.5.